The van der Waals surface area contributed by atoms with E-state index < -0.39 is 6.09 Å². The van der Waals surface area contributed by atoms with E-state index in [9.17, 15) is 4.79 Å². The van der Waals surface area contributed by atoms with E-state index in [1.165, 1.54) is 10.5 Å². The van der Waals surface area contributed by atoms with Gasteiger partial charge in [0.05, 0.1) is 0 Å². The minimum Gasteiger partial charge on any atom is -0.465 e. The van der Waals surface area contributed by atoms with Crippen LogP contribution in [0.1, 0.15) is 6.42 Å². The second-order valence-corrected chi connectivity index (χ2v) is 3.67. The van der Waals surface area contributed by atoms with E-state index in [0.29, 0.717) is 19.0 Å². The minimum atomic E-state index is -0.837. The van der Waals surface area contributed by atoms with Gasteiger partial charge in [0.1, 0.15) is 0 Å². The maximum atomic E-state index is 10.8. The fraction of sp³-hybridized carbons (Fsp3) is 0.364. The van der Waals surface area contributed by atoms with Crippen LogP contribution in [0.2, 0.25) is 0 Å². The van der Waals surface area contributed by atoms with Crippen molar-refractivity contribution >= 4 is 6.09 Å². The first-order chi connectivity index (χ1) is 6.72. The quantitative estimate of drug-likeness (QED) is 0.644. The number of hydrogen-bond acceptors (Lipinski definition) is 1. The number of nitrogens with zero attached hydrogens (tertiary/aromatic N) is 1. The van der Waals surface area contributed by atoms with Gasteiger partial charge in [0, 0.05) is 19.0 Å². The highest BCUT2D eigenvalue weighted by Gasteiger charge is 2.28. The fourth-order valence-corrected chi connectivity index (χ4v) is 2.06. The van der Waals surface area contributed by atoms with Gasteiger partial charge in [-0.2, -0.15) is 0 Å². The molecule has 0 aromatic rings. The molecular weight excluding hydrogens is 178 g/mol. The van der Waals surface area contributed by atoms with Crippen molar-refractivity contribution in [3.05, 3.63) is 36.0 Å². The van der Waals surface area contributed by atoms with Crippen LogP contribution in [0.4, 0.5) is 4.79 Å². The highest BCUT2D eigenvalue weighted by molar-refractivity contribution is 5.67. The zero-order valence-corrected chi connectivity index (χ0v) is 7.94. The molecule has 0 fully saturated rings. The lowest BCUT2D eigenvalue weighted by Crippen LogP contribution is -2.27. The summed E-state index contributed by atoms with van der Waals surface area (Å²) in [6, 6.07) is 0. The molecule has 1 N–H and O–H groups in total. The van der Waals surface area contributed by atoms with E-state index in [-0.39, 0.29) is 0 Å². The molecule has 1 unspecified atom stereocenters. The van der Waals surface area contributed by atoms with Gasteiger partial charge in [-0.15, -0.1) is 6.58 Å². The highest BCUT2D eigenvalue weighted by Crippen LogP contribution is 2.31. The van der Waals surface area contributed by atoms with E-state index >= 15 is 0 Å². The van der Waals surface area contributed by atoms with Crippen molar-refractivity contribution in [2.75, 3.05) is 13.1 Å². The predicted molar refractivity (Wildman–Crippen MR) is 54.1 cm³/mol. The summed E-state index contributed by atoms with van der Waals surface area (Å²) < 4.78 is 0. The molecule has 3 nitrogen and oxygen atoms in total. The Bertz CT molecular complexity index is 341. The van der Waals surface area contributed by atoms with Crippen LogP contribution in [-0.4, -0.2) is 29.2 Å². The summed E-state index contributed by atoms with van der Waals surface area (Å²) in [7, 11) is 0. The topological polar surface area (TPSA) is 40.5 Å². The number of hydrogen-bond donors (Lipinski definition) is 1. The number of carbonyl (C=O) groups is 1. The van der Waals surface area contributed by atoms with Crippen molar-refractivity contribution < 1.29 is 9.90 Å². The molecule has 3 heteroatoms. The second-order valence-electron chi connectivity index (χ2n) is 3.67. The van der Waals surface area contributed by atoms with Gasteiger partial charge in [0.2, 0.25) is 0 Å². The van der Waals surface area contributed by atoms with Gasteiger partial charge in [-0.05, 0) is 17.6 Å². The maximum Gasteiger partial charge on any atom is 0.407 e. The molecule has 0 bridgehead atoms. The Kier molecular flexibility index (Phi) is 2.15. The molecule has 2 aliphatic rings. The van der Waals surface area contributed by atoms with E-state index in [0.717, 1.165) is 12.0 Å². The normalized spacial score (nSPS) is 25.1. The molecule has 0 saturated heterocycles. The Morgan fingerprint density at radius 2 is 2.43 bits per heavy atom. The summed E-state index contributed by atoms with van der Waals surface area (Å²) in [5.74, 6) is 0.333. The van der Waals surface area contributed by atoms with Crippen LogP contribution in [-0.2, 0) is 0 Å². The minimum absolute atomic E-state index is 0.333. The van der Waals surface area contributed by atoms with Gasteiger partial charge in [-0.3, -0.25) is 0 Å². The molecule has 14 heavy (non-hydrogen) atoms. The number of carboxylic acid groups (broad SMARTS) is 1. The van der Waals surface area contributed by atoms with E-state index in [2.05, 4.69) is 12.7 Å². The average molecular weight is 191 g/mol. The van der Waals surface area contributed by atoms with Crippen molar-refractivity contribution in [1.82, 2.24) is 4.90 Å². The third kappa shape index (κ3) is 1.35. The third-order valence-electron chi connectivity index (χ3n) is 2.85. The number of allylic oxidation sites excluding steroid dienone is 2. The van der Waals surface area contributed by atoms with Crippen LogP contribution >= 0.6 is 0 Å². The summed E-state index contributed by atoms with van der Waals surface area (Å²) in [6.45, 7) is 4.86. The lowest BCUT2D eigenvalue weighted by atomic mass is 9.89. The molecule has 1 atom stereocenters. The molecule has 1 amide bonds. The standard InChI is InChI=1S/C11H13NO2/c1-2-8-4-3-5-9-6-12(11(13)14)7-10(8)9/h2-3,5,8H,1,4,6-7H2,(H,13,14). The maximum absolute atomic E-state index is 10.8. The van der Waals surface area contributed by atoms with Crippen LogP contribution < -0.4 is 0 Å². The Morgan fingerprint density at radius 1 is 1.64 bits per heavy atom. The summed E-state index contributed by atoms with van der Waals surface area (Å²) >= 11 is 0. The van der Waals surface area contributed by atoms with Crippen LogP contribution in [0.25, 0.3) is 0 Å². The van der Waals surface area contributed by atoms with Crippen LogP contribution in [0.5, 0.6) is 0 Å². The molecule has 1 aliphatic heterocycles. The lowest BCUT2D eigenvalue weighted by molar-refractivity contribution is 0.156. The molecule has 74 valence electrons. The molecule has 0 radical (unpaired) electrons. The second kappa shape index (κ2) is 3.33. The molecule has 0 aromatic carbocycles. The average Bonchev–Trinajstić information content (AvgIpc) is 2.60. The van der Waals surface area contributed by atoms with Crippen LogP contribution in [0.3, 0.4) is 0 Å². The molecule has 0 saturated carbocycles. The SMILES string of the molecule is C=CC1CC=CC2=C1CN(C(=O)O)C2. The summed E-state index contributed by atoms with van der Waals surface area (Å²) in [5.41, 5.74) is 2.38. The Morgan fingerprint density at radius 3 is 3.07 bits per heavy atom. The van der Waals surface area contributed by atoms with E-state index in [1.54, 1.807) is 0 Å². The van der Waals surface area contributed by atoms with Crippen molar-refractivity contribution in [2.24, 2.45) is 5.92 Å². The Balaban J connectivity index is 2.21. The first kappa shape index (κ1) is 9.06. The summed E-state index contributed by atoms with van der Waals surface area (Å²) in [5, 5.41) is 8.87. The van der Waals surface area contributed by atoms with Gasteiger partial charge in [0.25, 0.3) is 0 Å². The molecule has 2 rings (SSSR count). The largest absolute Gasteiger partial charge is 0.465 e. The van der Waals surface area contributed by atoms with Crippen LogP contribution in [0, 0.1) is 5.92 Å². The van der Waals surface area contributed by atoms with Crippen molar-refractivity contribution in [3.8, 4) is 0 Å². The number of rotatable bonds is 1. The van der Waals surface area contributed by atoms with E-state index in [4.69, 9.17) is 5.11 Å². The smallest absolute Gasteiger partial charge is 0.407 e. The van der Waals surface area contributed by atoms with Crippen LogP contribution in [0.15, 0.2) is 36.0 Å². The van der Waals surface area contributed by atoms with Gasteiger partial charge in [-0.1, -0.05) is 18.2 Å². The Labute approximate surface area is 83.0 Å². The number of amides is 1. The lowest BCUT2D eigenvalue weighted by Gasteiger charge is -2.16. The van der Waals surface area contributed by atoms with Gasteiger partial charge < -0.3 is 10.0 Å². The molecule has 0 aromatic heterocycles. The van der Waals surface area contributed by atoms with Crippen molar-refractivity contribution in [1.29, 1.82) is 0 Å². The molecule has 1 heterocycles. The van der Waals surface area contributed by atoms with Crippen molar-refractivity contribution in [3.63, 3.8) is 0 Å². The zero-order chi connectivity index (χ0) is 10.1. The zero-order valence-electron chi connectivity index (χ0n) is 7.94. The monoisotopic (exact) mass is 191 g/mol. The van der Waals surface area contributed by atoms with Gasteiger partial charge in [0.15, 0.2) is 0 Å². The van der Waals surface area contributed by atoms with E-state index in [1.807, 2.05) is 12.2 Å². The molecule has 0 spiro atoms. The van der Waals surface area contributed by atoms with Crippen molar-refractivity contribution in [2.45, 2.75) is 6.42 Å². The first-order valence-electron chi connectivity index (χ1n) is 4.71. The molecule has 1 aliphatic carbocycles. The Hall–Kier alpha value is -1.51. The first-order valence-corrected chi connectivity index (χ1v) is 4.71. The summed E-state index contributed by atoms with van der Waals surface area (Å²) in [6.07, 6.45) is 6.16. The third-order valence-corrected chi connectivity index (χ3v) is 2.85. The highest BCUT2D eigenvalue weighted by atomic mass is 16.4. The van der Waals surface area contributed by atoms with Gasteiger partial charge >= 0.3 is 6.09 Å². The predicted octanol–water partition coefficient (Wildman–Crippen LogP) is 2.04. The fourth-order valence-electron chi connectivity index (χ4n) is 2.06. The van der Waals surface area contributed by atoms with Gasteiger partial charge in [-0.25, -0.2) is 4.79 Å². The molecular formula is C11H13NO2. The summed E-state index contributed by atoms with van der Waals surface area (Å²) in [4.78, 5) is 12.2.